The molecular formula is C9H11NO5S. The number of rotatable bonds is 1. The molecule has 88 valence electrons. The molecule has 7 heteroatoms. The van der Waals surface area contributed by atoms with Crippen molar-refractivity contribution >= 4 is 21.3 Å². The molecular weight excluding hydrogens is 234 g/mol. The lowest BCUT2D eigenvalue weighted by Gasteiger charge is -1.98. The monoisotopic (exact) mass is 245 g/mol. The van der Waals surface area contributed by atoms with Crippen molar-refractivity contribution in [2.75, 3.05) is 7.11 Å². The van der Waals surface area contributed by atoms with Crippen LogP contribution in [0.4, 0.5) is 0 Å². The number of aryl methyl sites for hydroxylation is 1. The Morgan fingerprint density at radius 2 is 1.94 bits per heavy atom. The number of benzene rings is 1. The fraction of sp³-hybridized carbons (Fsp3) is 0.222. The molecule has 0 aliphatic rings. The molecule has 6 nitrogen and oxygen atoms in total. The Morgan fingerprint density at radius 1 is 1.38 bits per heavy atom. The van der Waals surface area contributed by atoms with Crippen LogP contribution in [0, 0.1) is 0 Å². The molecule has 1 aromatic heterocycles. The summed E-state index contributed by atoms with van der Waals surface area (Å²) >= 11 is 0. The summed E-state index contributed by atoms with van der Waals surface area (Å²) in [6.07, 6.45) is 1.75. The van der Waals surface area contributed by atoms with E-state index in [-0.39, 0.29) is 0 Å². The average molecular weight is 245 g/mol. The summed E-state index contributed by atoms with van der Waals surface area (Å²) in [5.74, 6) is 0. The van der Waals surface area contributed by atoms with Crippen LogP contribution in [0.5, 0.6) is 0 Å². The van der Waals surface area contributed by atoms with Gasteiger partial charge in [-0.05, 0) is 10.8 Å². The average Bonchev–Trinajstić information content (AvgIpc) is 2.61. The van der Waals surface area contributed by atoms with E-state index < -0.39 is 10.4 Å². The lowest BCUT2D eigenvalue weighted by atomic mass is 10.3. The third kappa shape index (κ3) is 3.61. The predicted octanol–water partition coefficient (Wildman–Crippen LogP) is 0.350. The van der Waals surface area contributed by atoms with Gasteiger partial charge in [-0.15, -0.1) is 0 Å². The first kappa shape index (κ1) is 12.6. The van der Waals surface area contributed by atoms with Crippen LogP contribution in [0.25, 0.3) is 10.9 Å². The highest BCUT2D eigenvalue weighted by atomic mass is 32.3. The summed E-state index contributed by atoms with van der Waals surface area (Å²) in [6.45, 7) is 0. The normalized spacial score (nSPS) is 10.9. The first-order valence-electron chi connectivity index (χ1n) is 4.28. The van der Waals surface area contributed by atoms with Crippen LogP contribution in [0.1, 0.15) is 0 Å². The van der Waals surface area contributed by atoms with Crippen molar-refractivity contribution in [3.05, 3.63) is 30.5 Å². The molecule has 0 saturated carbocycles. The van der Waals surface area contributed by atoms with E-state index >= 15 is 0 Å². The Morgan fingerprint density at radius 3 is 2.44 bits per heavy atom. The summed E-state index contributed by atoms with van der Waals surface area (Å²) in [7, 11) is -1.71. The molecule has 0 aliphatic heterocycles. The van der Waals surface area contributed by atoms with Gasteiger partial charge in [0.15, 0.2) is 13.3 Å². The molecule has 0 bridgehead atoms. The summed E-state index contributed by atoms with van der Waals surface area (Å²) in [6, 6.07) is 8.05. The molecule has 2 aromatic rings. The molecule has 16 heavy (non-hydrogen) atoms. The fourth-order valence-electron chi connectivity index (χ4n) is 1.07. The van der Waals surface area contributed by atoms with Crippen molar-refractivity contribution in [1.82, 2.24) is 0 Å². The number of aromatic nitrogens is 1. The molecule has 1 heterocycles. The first-order chi connectivity index (χ1) is 7.44. The molecule has 0 unspecified atom stereocenters. The van der Waals surface area contributed by atoms with E-state index in [4.69, 9.17) is 4.52 Å². The zero-order valence-corrected chi connectivity index (χ0v) is 9.60. The van der Waals surface area contributed by atoms with Gasteiger partial charge in [-0.3, -0.25) is 4.18 Å². The lowest BCUT2D eigenvalue weighted by Crippen LogP contribution is -2.24. The minimum atomic E-state index is -4.41. The van der Waals surface area contributed by atoms with Gasteiger partial charge in [-0.25, -0.2) is 12.9 Å². The van der Waals surface area contributed by atoms with Gasteiger partial charge < -0.3 is 4.55 Å². The predicted molar refractivity (Wildman–Crippen MR) is 54.1 cm³/mol. The third-order valence-electron chi connectivity index (χ3n) is 1.82. The number of para-hydroxylation sites is 1. The highest BCUT2D eigenvalue weighted by molar-refractivity contribution is 7.80. The van der Waals surface area contributed by atoms with Crippen molar-refractivity contribution in [3.63, 3.8) is 0 Å². The Kier molecular flexibility index (Phi) is 3.99. The van der Waals surface area contributed by atoms with Gasteiger partial charge in [-0.2, -0.15) is 0 Å². The zero-order valence-electron chi connectivity index (χ0n) is 8.78. The third-order valence-corrected chi connectivity index (χ3v) is 2.23. The Labute approximate surface area is 93.0 Å². The summed E-state index contributed by atoms with van der Waals surface area (Å²) < 4.78 is 37.9. The quantitative estimate of drug-likeness (QED) is 0.411. The fourth-order valence-corrected chi connectivity index (χ4v) is 1.07. The van der Waals surface area contributed by atoms with Crippen LogP contribution in [0.15, 0.2) is 35.1 Å². The van der Waals surface area contributed by atoms with Crippen molar-refractivity contribution in [2.24, 2.45) is 7.05 Å². The van der Waals surface area contributed by atoms with Crippen LogP contribution in [0.2, 0.25) is 0 Å². The van der Waals surface area contributed by atoms with Gasteiger partial charge >= 0.3 is 0 Å². The molecule has 0 radical (unpaired) electrons. The molecule has 0 fully saturated rings. The van der Waals surface area contributed by atoms with Gasteiger partial charge in [0.25, 0.3) is 5.52 Å². The Balaban J connectivity index is 0.000000187. The van der Waals surface area contributed by atoms with Crippen LogP contribution in [-0.4, -0.2) is 20.1 Å². The number of fused-ring (bicyclic) bond motifs is 1. The van der Waals surface area contributed by atoms with Gasteiger partial charge in [0.1, 0.15) is 0 Å². The van der Waals surface area contributed by atoms with E-state index in [1.807, 2.05) is 31.3 Å². The molecule has 0 atom stereocenters. The van der Waals surface area contributed by atoms with E-state index in [9.17, 15) is 13.0 Å². The van der Waals surface area contributed by atoms with Crippen LogP contribution in [0.3, 0.4) is 0 Å². The van der Waals surface area contributed by atoms with E-state index in [0.29, 0.717) is 0 Å². The Bertz CT molecular complexity index is 560. The number of nitrogens with zero attached hydrogens (tertiary/aromatic N) is 1. The number of hydrogen-bond acceptors (Lipinski definition) is 5. The van der Waals surface area contributed by atoms with E-state index in [1.165, 1.54) is 0 Å². The lowest BCUT2D eigenvalue weighted by molar-refractivity contribution is -0.824. The molecule has 0 aliphatic carbocycles. The molecule has 0 spiro atoms. The SMILES string of the molecule is COS(=O)(=O)[O-].C[n+]1occ2ccccc21. The van der Waals surface area contributed by atoms with Gasteiger partial charge in [-0.1, -0.05) is 12.1 Å². The Hall–Kier alpha value is -1.44. The minimum Gasteiger partial charge on any atom is -0.726 e. The zero-order chi connectivity index (χ0) is 12.2. The molecule has 0 amide bonds. The van der Waals surface area contributed by atoms with E-state index in [1.54, 1.807) is 11.0 Å². The smallest absolute Gasteiger partial charge is 0.261 e. The van der Waals surface area contributed by atoms with Crippen molar-refractivity contribution in [2.45, 2.75) is 0 Å². The van der Waals surface area contributed by atoms with Gasteiger partial charge in [0.2, 0.25) is 10.4 Å². The van der Waals surface area contributed by atoms with Crippen LogP contribution < -0.4 is 4.74 Å². The second-order valence-corrected chi connectivity index (χ2v) is 4.00. The summed E-state index contributed by atoms with van der Waals surface area (Å²) in [4.78, 5) is 0. The van der Waals surface area contributed by atoms with Crippen LogP contribution >= 0.6 is 0 Å². The number of hydrogen-bond donors (Lipinski definition) is 0. The van der Waals surface area contributed by atoms with E-state index in [0.717, 1.165) is 18.0 Å². The molecule has 2 rings (SSSR count). The first-order valence-corrected chi connectivity index (χ1v) is 5.61. The highest BCUT2D eigenvalue weighted by Crippen LogP contribution is 2.07. The van der Waals surface area contributed by atoms with E-state index in [2.05, 4.69) is 4.18 Å². The second-order valence-electron chi connectivity index (χ2n) is 2.85. The largest absolute Gasteiger partial charge is 0.726 e. The van der Waals surface area contributed by atoms with Crippen molar-refractivity contribution in [1.29, 1.82) is 0 Å². The molecule has 0 N–H and O–H groups in total. The highest BCUT2D eigenvalue weighted by Gasteiger charge is 2.05. The maximum absolute atomic E-state index is 9.22. The van der Waals surface area contributed by atoms with Crippen molar-refractivity contribution in [3.8, 4) is 0 Å². The summed E-state index contributed by atoms with van der Waals surface area (Å²) in [5.41, 5.74) is 1.13. The topological polar surface area (TPSA) is 83.5 Å². The maximum Gasteiger partial charge on any atom is 0.261 e. The van der Waals surface area contributed by atoms with Gasteiger partial charge in [0.05, 0.1) is 12.5 Å². The van der Waals surface area contributed by atoms with Gasteiger partial charge in [0, 0.05) is 6.07 Å². The molecule has 1 aromatic carbocycles. The van der Waals surface area contributed by atoms with Crippen molar-refractivity contribution < 1.29 is 26.4 Å². The molecule has 0 saturated heterocycles. The summed E-state index contributed by atoms with van der Waals surface area (Å²) in [5, 5.41) is 1.14. The van der Waals surface area contributed by atoms with Crippen LogP contribution in [-0.2, 0) is 21.6 Å². The standard InChI is InChI=1S/C8H8NO.CH4O4S/c1-9-8-5-3-2-4-7(8)6-10-9;1-5-6(2,3)4/h2-6H,1H3;1H3,(H,2,3,4)/q+1;/p-1. The minimum absolute atomic E-state index is 0.808. The maximum atomic E-state index is 9.22. The second kappa shape index (κ2) is 5.06.